The van der Waals surface area contributed by atoms with E-state index in [1.54, 1.807) is 24.4 Å². The molecule has 0 aliphatic rings. The van der Waals surface area contributed by atoms with Gasteiger partial charge in [-0.2, -0.15) is 4.98 Å². The molecule has 4 aromatic rings. The van der Waals surface area contributed by atoms with Crippen LogP contribution in [-0.2, 0) is 0 Å². The Kier molecular flexibility index (Phi) is 4.45. The molecule has 0 unspecified atom stereocenters. The van der Waals surface area contributed by atoms with Gasteiger partial charge in [0.2, 0.25) is 5.82 Å². The van der Waals surface area contributed by atoms with Crippen molar-refractivity contribution >= 4 is 11.6 Å². The number of hydrogen-bond acceptors (Lipinski definition) is 5. The highest BCUT2D eigenvalue weighted by Gasteiger charge is 2.13. The molecule has 0 saturated heterocycles. The topological polar surface area (TPSA) is 80.9 Å². The smallest absolute Gasteiger partial charge is 0.274 e. The van der Waals surface area contributed by atoms with E-state index in [0.29, 0.717) is 23.1 Å². The summed E-state index contributed by atoms with van der Waals surface area (Å²) in [7, 11) is 0. The monoisotopic (exact) mass is 356 g/mol. The SMILES string of the molecule is Cc1cc(NC(=O)c2ccccn2)ccc1-c1noc(-c2ccccc2)n1. The highest BCUT2D eigenvalue weighted by Crippen LogP contribution is 2.26. The number of nitrogens with one attached hydrogen (secondary N) is 1. The Labute approximate surface area is 155 Å². The Morgan fingerprint density at radius 1 is 1.00 bits per heavy atom. The zero-order chi connectivity index (χ0) is 18.6. The largest absolute Gasteiger partial charge is 0.334 e. The average Bonchev–Trinajstić information content (AvgIpc) is 3.19. The van der Waals surface area contributed by atoms with E-state index in [9.17, 15) is 4.79 Å². The molecule has 0 aliphatic carbocycles. The summed E-state index contributed by atoms with van der Waals surface area (Å²) in [5.74, 6) is 0.722. The van der Waals surface area contributed by atoms with E-state index in [2.05, 4.69) is 20.4 Å². The fourth-order valence-corrected chi connectivity index (χ4v) is 2.72. The second-order valence-electron chi connectivity index (χ2n) is 5.99. The minimum atomic E-state index is -0.256. The van der Waals surface area contributed by atoms with E-state index in [1.807, 2.05) is 55.5 Å². The van der Waals surface area contributed by atoms with Crippen LogP contribution in [0, 0.1) is 6.92 Å². The molecule has 1 N–H and O–H groups in total. The van der Waals surface area contributed by atoms with Gasteiger partial charge in [-0.15, -0.1) is 0 Å². The second-order valence-corrected chi connectivity index (χ2v) is 5.99. The summed E-state index contributed by atoms with van der Waals surface area (Å²) in [6.07, 6.45) is 1.59. The standard InChI is InChI=1S/C21H16N4O2/c1-14-13-16(23-20(26)18-9-5-6-12-22-18)10-11-17(14)19-24-21(27-25-19)15-7-3-2-4-8-15/h2-13H,1H3,(H,23,26). The summed E-state index contributed by atoms with van der Waals surface area (Å²) in [4.78, 5) is 20.8. The number of pyridine rings is 1. The highest BCUT2D eigenvalue weighted by molar-refractivity contribution is 6.02. The molecule has 0 radical (unpaired) electrons. The van der Waals surface area contributed by atoms with Crippen molar-refractivity contribution in [2.24, 2.45) is 0 Å². The first-order chi connectivity index (χ1) is 13.2. The Morgan fingerprint density at radius 2 is 1.81 bits per heavy atom. The highest BCUT2D eigenvalue weighted by atomic mass is 16.5. The molecule has 1 amide bonds. The molecule has 0 fully saturated rings. The summed E-state index contributed by atoms with van der Waals surface area (Å²) >= 11 is 0. The number of anilines is 1. The third-order valence-corrected chi connectivity index (χ3v) is 4.07. The number of carbonyl (C=O) groups excluding carboxylic acids is 1. The van der Waals surface area contributed by atoms with E-state index in [4.69, 9.17) is 4.52 Å². The molecule has 2 aromatic heterocycles. The fraction of sp³-hybridized carbons (Fsp3) is 0.0476. The van der Waals surface area contributed by atoms with Crippen LogP contribution >= 0.6 is 0 Å². The molecule has 6 heteroatoms. The average molecular weight is 356 g/mol. The zero-order valence-electron chi connectivity index (χ0n) is 14.6. The van der Waals surface area contributed by atoms with Gasteiger partial charge in [-0.3, -0.25) is 9.78 Å². The van der Waals surface area contributed by atoms with Gasteiger partial charge in [0.15, 0.2) is 0 Å². The van der Waals surface area contributed by atoms with Crippen molar-refractivity contribution in [2.75, 3.05) is 5.32 Å². The van der Waals surface area contributed by atoms with Crippen molar-refractivity contribution in [3.8, 4) is 22.8 Å². The van der Waals surface area contributed by atoms with Crippen molar-refractivity contribution in [3.63, 3.8) is 0 Å². The van der Waals surface area contributed by atoms with Crippen LogP contribution in [-0.4, -0.2) is 21.0 Å². The maximum absolute atomic E-state index is 12.2. The van der Waals surface area contributed by atoms with Crippen LogP contribution in [0.5, 0.6) is 0 Å². The molecule has 0 bridgehead atoms. The molecule has 2 heterocycles. The van der Waals surface area contributed by atoms with Crippen molar-refractivity contribution in [2.45, 2.75) is 6.92 Å². The lowest BCUT2D eigenvalue weighted by atomic mass is 10.1. The van der Waals surface area contributed by atoms with Crippen molar-refractivity contribution in [1.82, 2.24) is 15.1 Å². The van der Waals surface area contributed by atoms with Gasteiger partial charge in [-0.1, -0.05) is 29.4 Å². The van der Waals surface area contributed by atoms with E-state index in [1.165, 1.54) is 0 Å². The molecular weight excluding hydrogens is 340 g/mol. The molecule has 2 aromatic carbocycles. The molecule has 0 atom stereocenters. The number of hydrogen-bond donors (Lipinski definition) is 1. The Bertz CT molecular complexity index is 1080. The minimum Gasteiger partial charge on any atom is -0.334 e. The number of aromatic nitrogens is 3. The summed E-state index contributed by atoms with van der Waals surface area (Å²) in [6, 6.07) is 20.4. The van der Waals surface area contributed by atoms with E-state index in [-0.39, 0.29) is 5.91 Å². The van der Waals surface area contributed by atoms with Gasteiger partial charge in [0.25, 0.3) is 11.8 Å². The predicted molar refractivity (Wildman–Crippen MR) is 102 cm³/mol. The Balaban J connectivity index is 1.56. The third-order valence-electron chi connectivity index (χ3n) is 4.07. The number of rotatable bonds is 4. The number of amides is 1. The lowest BCUT2D eigenvalue weighted by molar-refractivity contribution is 0.102. The van der Waals surface area contributed by atoms with Crippen molar-refractivity contribution in [3.05, 3.63) is 84.2 Å². The van der Waals surface area contributed by atoms with Gasteiger partial charge >= 0.3 is 0 Å². The van der Waals surface area contributed by atoms with Crippen LogP contribution < -0.4 is 5.32 Å². The predicted octanol–water partition coefficient (Wildman–Crippen LogP) is 4.36. The van der Waals surface area contributed by atoms with Crippen LogP contribution in [0.4, 0.5) is 5.69 Å². The second kappa shape index (κ2) is 7.21. The number of benzene rings is 2. The van der Waals surface area contributed by atoms with Gasteiger partial charge in [0.1, 0.15) is 5.69 Å². The van der Waals surface area contributed by atoms with Gasteiger partial charge in [-0.25, -0.2) is 0 Å². The fourth-order valence-electron chi connectivity index (χ4n) is 2.72. The molecule has 132 valence electrons. The Morgan fingerprint density at radius 3 is 2.56 bits per heavy atom. The zero-order valence-corrected chi connectivity index (χ0v) is 14.6. The summed E-state index contributed by atoms with van der Waals surface area (Å²) in [6.45, 7) is 1.93. The molecule has 0 spiro atoms. The maximum atomic E-state index is 12.2. The number of aryl methyl sites for hydroxylation is 1. The van der Waals surface area contributed by atoms with Crippen LogP contribution in [0.15, 0.2) is 77.4 Å². The molecule has 0 aliphatic heterocycles. The summed E-state index contributed by atoms with van der Waals surface area (Å²) in [5, 5.41) is 6.92. The lowest BCUT2D eigenvalue weighted by Gasteiger charge is -2.07. The van der Waals surface area contributed by atoms with Gasteiger partial charge in [0.05, 0.1) is 0 Å². The molecule has 0 saturated carbocycles. The summed E-state index contributed by atoms with van der Waals surface area (Å²) < 4.78 is 5.37. The molecule has 27 heavy (non-hydrogen) atoms. The Hall–Kier alpha value is -3.80. The third kappa shape index (κ3) is 3.59. The van der Waals surface area contributed by atoms with Crippen LogP contribution in [0.2, 0.25) is 0 Å². The van der Waals surface area contributed by atoms with E-state index < -0.39 is 0 Å². The van der Waals surface area contributed by atoms with Crippen LogP contribution in [0.25, 0.3) is 22.8 Å². The van der Waals surface area contributed by atoms with Crippen molar-refractivity contribution < 1.29 is 9.32 Å². The van der Waals surface area contributed by atoms with Crippen molar-refractivity contribution in [1.29, 1.82) is 0 Å². The number of carbonyl (C=O) groups is 1. The van der Waals surface area contributed by atoms with Gasteiger partial charge < -0.3 is 9.84 Å². The molecule has 4 rings (SSSR count). The molecular formula is C21H16N4O2. The number of nitrogens with zero attached hydrogens (tertiary/aromatic N) is 3. The lowest BCUT2D eigenvalue weighted by Crippen LogP contribution is -2.13. The normalized spacial score (nSPS) is 10.6. The van der Waals surface area contributed by atoms with E-state index in [0.717, 1.165) is 16.7 Å². The minimum absolute atomic E-state index is 0.256. The van der Waals surface area contributed by atoms with Gasteiger partial charge in [0, 0.05) is 23.0 Å². The summed E-state index contributed by atoms with van der Waals surface area (Å²) in [5.41, 5.74) is 3.68. The molecule has 6 nitrogen and oxygen atoms in total. The van der Waals surface area contributed by atoms with E-state index >= 15 is 0 Å². The first-order valence-electron chi connectivity index (χ1n) is 8.43. The van der Waals surface area contributed by atoms with Crippen LogP contribution in [0.1, 0.15) is 16.1 Å². The maximum Gasteiger partial charge on any atom is 0.274 e. The van der Waals surface area contributed by atoms with Gasteiger partial charge in [-0.05, 0) is 55.0 Å². The van der Waals surface area contributed by atoms with Crippen LogP contribution in [0.3, 0.4) is 0 Å². The quantitative estimate of drug-likeness (QED) is 0.587. The first kappa shape index (κ1) is 16.7. The first-order valence-corrected chi connectivity index (χ1v) is 8.43.